The molecule has 0 saturated heterocycles. The molecule has 1 N–H and O–H groups in total. The summed E-state index contributed by atoms with van der Waals surface area (Å²) in [7, 11) is 0. The van der Waals surface area contributed by atoms with E-state index in [-0.39, 0.29) is 25.2 Å². The number of carboxylic acid groups (broad SMARTS) is 1. The molecule has 1 aliphatic heterocycles. The average molecular weight is 515 g/mol. The van der Waals surface area contributed by atoms with Gasteiger partial charge in [-0.15, -0.1) is 0 Å². The number of ether oxygens (including phenoxy) is 2. The molecule has 200 valence electrons. The van der Waals surface area contributed by atoms with Gasteiger partial charge in [0.1, 0.15) is 12.4 Å². The molecule has 4 rings (SSSR count). The van der Waals surface area contributed by atoms with Crippen molar-refractivity contribution in [2.75, 3.05) is 26.4 Å². The van der Waals surface area contributed by atoms with Crippen LogP contribution in [-0.4, -0.2) is 59.8 Å². The number of unbranched alkanes of at least 4 members (excludes halogenated alkanes) is 4. The molecule has 1 aliphatic carbocycles. The Bertz CT molecular complexity index is 1070. The lowest BCUT2D eigenvalue weighted by Gasteiger charge is -2.41. The van der Waals surface area contributed by atoms with E-state index in [0.29, 0.717) is 19.0 Å². The number of aromatic nitrogens is 1. The van der Waals surface area contributed by atoms with E-state index in [1.807, 2.05) is 36.1 Å². The number of hydrogen-bond acceptors (Lipinski definition) is 5. The Morgan fingerprint density at radius 3 is 2.59 bits per heavy atom. The third-order valence-corrected chi connectivity index (χ3v) is 7.15. The van der Waals surface area contributed by atoms with Crippen molar-refractivity contribution in [3.63, 3.8) is 0 Å². The summed E-state index contributed by atoms with van der Waals surface area (Å²) in [6.07, 6.45) is 5.65. The number of nitrogens with zero attached hydrogens (tertiary/aromatic N) is 2. The number of carboxylic acids is 1. The van der Waals surface area contributed by atoms with Crippen LogP contribution in [0.1, 0.15) is 68.3 Å². The minimum atomic E-state index is -2.41. The van der Waals surface area contributed by atoms with Crippen LogP contribution in [0.15, 0.2) is 48.2 Å². The number of hydrogen-bond donors (Lipinski definition) is 1. The van der Waals surface area contributed by atoms with E-state index in [2.05, 4.69) is 17.1 Å². The number of pyridine rings is 1. The lowest BCUT2D eigenvalue weighted by Crippen LogP contribution is -2.43. The van der Waals surface area contributed by atoms with Gasteiger partial charge in [-0.1, -0.05) is 43.5 Å². The maximum Gasteiger partial charge on any atom is 0.329 e. The van der Waals surface area contributed by atoms with Crippen molar-refractivity contribution in [1.82, 2.24) is 9.88 Å². The molecule has 2 heterocycles. The van der Waals surface area contributed by atoms with Gasteiger partial charge in [-0.3, -0.25) is 9.88 Å². The zero-order valence-electron chi connectivity index (χ0n) is 21.4. The number of rotatable bonds is 14. The number of carbonyl (C=O) groups is 1. The van der Waals surface area contributed by atoms with E-state index in [1.165, 1.54) is 22.3 Å². The monoisotopic (exact) mass is 514 g/mol. The molecule has 2 atom stereocenters. The third-order valence-electron chi connectivity index (χ3n) is 7.15. The second-order valence-electron chi connectivity index (χ2n) is 9.86. The molecule has 8 heteroatoms. The molecule has 6 nitrogen and oxygen atoms in total. The van der Waals surface area contributed by atoms with Crippen molar-refractivity contribution in [3.05, 3.63) is 65.0 Å². The lowest BCUT2D eigenvalue weighted by molar-refractivity contribution is -0.142. The maximum absolute atomic E-state index is 13.6. The molecule has 0 spiro atoms. The highest BCUT2D eigenvalue weighted by atomic mass is 19.3. The van der Waals surface area contributed by atoms with Crippen LogP contribution in [0.25, 0.3) is 5.57 Å². The average Bonchev–Trinajstić information content (AvgIpc) is 3.23. The summed E-state index contributed by atoms with van der Waals surface area (Å²) < 4.78 is 38.0. The van der Waals surface area contributed by atoms with E-state index in [1.54, 1.807) is 6.20 Å². The largest absolute Gasteiger partial charge is 0.492 e. The Hall–Kier alpha value is -2.84. The fourth-order valence-electron chi connectivity index (χ4n) is 5.44. The Balaban J connectivity index is 1.32. The van der Waals surface area contributed by atoms with E-state index in [0.717, 1.165) is 50.6 Å². The highest BCUT2D eigenvalue weighted by molar-refractivity contribution is 5.78. The molecule has 2 aliphatic rings. The van der Waals surface area contributed by atoms with E-state index >= 15 is 0 Å². The minimum Gasteiger partial charge on any atom is -0.492 e. The zero-order chi connectivity index (χ0) is 26.2. The Morgan fingerprint density at radius 2 is 1.86 bits per heavy atom. The number of halogens is 2. The summed E-state index contributed by atoms with van der Waals surface area (Å²) in [4.78, 5) is 17.0. The molecule has 0 fully saturated rings. The first kappa shape index (κ1) is 27.2. The fourth-order valence-corrected chi connectivity index (χ4v) is 5.44. The van der Waals surface area contributed by atoms with Gasteiger partial charge in [0, 0.05) is 12.6 Å². The van der Waals surface area contributed by atoms with Crippen LogP contribution in [0, 0.1) is 0 Å². The van der Waals surface area contributed by atoms with E-state index < -0.39 is 12.4 Å². The van der Waals surface area contributed by atoms with Gasteiger partial charge in [0.05, 0.1) is 31.1 Å². The Labute approximate surface area is 217 Å². The standard InChI is InChI=1S/C29H36F2N2O4/c1-20-15-24-23-10-6-5-9-21(23)16-25(24)29(33(20)18-27(30)31)26-12-11-22(17-32-26)37-14-8-4-2-3-7-13-36-19-28(34)35/h5-6,9-12,17,20,27,29H,2-4,7-8,13-16,18-19H2,1H3,(H,34,35)/t20-,29+/m1/s1. The molecule has 1 aromatic carbocycles. The topological polar surface area (TPSA) is 71.9 Å². The molecular formula is C29H36F2N2O4. The van der Waals surface area contributed by atoms with Crippen LogP contribution in [0.2, 0.25) is 0 Å². The molecular weight excluding hydrogens is 478 g/mol. The minimum absolute atomic E-state index is 0.00892. The number of benzene rings is 1. The first-order valence-electron chi connectivity index (χ1n) is 13.2. The van der Waals surface area contributed by atoms with Gasteiger partial charge in [-0.2, -0.15) is 0 Å². The molecule has 0 bridgehead atoms. The van der Waals surface area contributed by atoms with Gasteiger partial charge in [-0.25, -0.2) is 13.6 Å². The van der Waals surface area contributed by atoms with Crippen molar-refractivity contribution >= 4 is 11.5 Å². The SMILES string of the molecule is C[C@@H]1CC2=C(Cc3ccccc32)[C@@H](c2ccc(OCCCCCCCOCC(=O)O)cn2)N1CC(F)F. The van der Waals surface area contributed by atoms with E-state index in [9.17, 15) is 13.6 Å². The van der Waals surface area contributed by atoms with Crippen LogP contribution in [0.3, 0.4) is 0 Å². The summed E-state index contributed by atoms with van der Waals surface area (Å²) in [5.74, 6) is -0.261. The Morgan fingerprint density at radius 1 is 1.11 bits per heavy atom. The van der Waals surface area contributed by atoms with Crippen LogP contribution in [0.4, 0.5) is 8.78 Å². The first-order chi connectivity index (χ1) is 17.9. The van der Waals surface area contributed by atoms with Crippen molar-refractivity contribution in [2.24, 2.45) is 0 Å². The van der Waals surface area contributed by atoms with Crippen molar-refractivity contribution in [3.8, 4) is 5.75 Å². The quantitative estimate of drug-likeness (QED) is 0.316. The lowest BCUT2D eigenvalue weighted by atomic mass is 9.87. The van der Waals surface area contributed by atoms with Gasteiger partial charge in [0.25, 0.3) is 6.43 Å². The van der Waals surface area contributed by atoms with Crippen molar-refractivity contribution in [2.45, 2.75) is 70.4 Å². The number of fused-ring (bicyclic) bond motifs is 2. The first-order valence-corrected chi connectivity index (χ1v) is 13.2. The van der Waals surface area contributed by atoms with Crippen LogP contribution in [-0.2, 0) is 16.0 Å². The maximum atomic E-state index is 13.6. The van der Waals surface area contributed by atoms with Crippen LogP contribution < -0.4 is 4.74 Å². The summed E-state index contributed by atoms with van der Waals surface area (Å²) >= 11 is 0. The fraction of sp³-hybridized carbons (Fsp3) is 0.517. The molecule has 0 unspecified atom stereocenters. The third kappa shape index (κ3) is 7.14. The normalized spacial score (nSPS) is 19.2. The molecule has 2 aromatic rings. The van der Waals surface area contributed by atoms with Gasteiger partial charge >= 0.3 is 5.97 Å². The summed E-state index contributed by atoms with van der Waals surface area (Å²) in [6.45, 7) is 2.57. The highest BCUT2D eigenvalue weighted by Gasteiger charge is 2.40. The summed E-state index contributed by atoms with van der Waals surface area (Å²) in [5.41, 5.74) is 5.77. The van der Waals surface area contributed by atoms with E-state index in [4.69, 9.17) is 14.6 Å². The summed E-state index contributed by atoms with van der Waals surface area (Å²) in [5, 5.41) is 8.54. The molecule has 0 saturated carbocycles. The predicted octanol–water partition coefficient (Wildman–Crippen LogP) is 5.92. The molecule has 0 radical (unpaired) electrons. The molecule has 37 heavy (non-hydrogen) atoms. The van der Waals surface area contributed by atoms with Gasteiger partial charge < -0.3 is 14.6 Å². The van der Waals surface area contributed by atoms with Gasteiger partial charge in [-0.05, 0) is 67.0 Å². The highest BCUT2D eigenvalue weighted by Crippen LogP contribution is 2.48. The van der Waals surface area contributed by atoms with Crippen molar-refractivity contribution in [1.29, 1.82) is 0 Å². The smallest absolute Gasteiger partial charge is 0.329 e. The van der Waals surface area contributed by atoms with Crippen molar-refractivity contribution < 1.29 is 28.2 Å². The number of alkyl halides is 2. The zero-order valence-corrected chi connectivity index (χ0v) is 21.4. The summed E-state index contributed by atoms with van der Waals surface area (Å²) in [6, 6.07) is 11.9. The van der Waals surface area contributed by atoms with Gasteiger partial charge in [0.15, 0.2) is 0 Å². The Kier molecular flexibility index (Phi) is 9.63. The van der Waals surface area contributed by atoms with Gasteiger partial charge in [0.2, 0.25) is 0 Å². The molecule has 1 aromatic heterocycles. The second kappa shape index (κ2) is 13.1. The van der Waals surface area contributed by atoms with Crippen LogP contribution in [0.5, 0.6) is 5.75 Å². The second-order valence-corrected chi connectivity index (χ2v) is 9.86. The molecule has 0 amide bonds. The predicted molar refractivity (Wildman–Crippen MR) is 138 cm³/mol. The number of aliphatic carboxylic acids is 1. The van der Waals surface area contributed by atoms with Crippen LogP contribution >= 0.6 is 0 Å².